The van der Waals surface area contributed by atoms with E-state index < -0.39 is 29.1 Å². The number of aromatic nitrogens is 2. The monoisotopic (exact) mass is 494 g/mol. The first-order chi connectivity index (χ1) is 17.1. The number of halogens is 3. The highest BCUT2D eigenvalue weighted by molar-refractivity contribution is 6.07. The van der Waals surface area contributed by atoms with Crippen LogP contribution in [0, 0.1) is 6.92 Å². The van der Waals surface area contributed by atoms with Crippen LogP contribution in [-0.2, 0) is 13.2 Å². The maximum absolute atomic E-state index is 13.0. The molecule has 0 radical (unpaired) electrons. The fourth-order valence-electron chi connectivity index (χ4n) is 3.68. The van der Waals surface area contributed by atoms with Crippen LogP contribution in [0.4, 0.5) is 24.5 Å². The molecular weight excluding hydrogens is 473 g/mol. The van der Waals surface area contributed by atoms with Gasteiger partial charge in [-0.15, -0.1) is 0 Å². The highest BCUT2D eigenvalue weighted by Gasteiger charge is 2.31. The molecule has 0 fully saturated rings. The number of nitrogens with one attached hydrogen (secondary N) is 2. The number of rotatable bonds is 5. The largest absolute Gasteiger partial charge is 0.416 e. The summed E-state index contributed by atoms with van der Waals surface area (Å²) in [4.78, 5) is 38.5. The summed E-state index contributed by atoms with van der Waals surface area (Å²) >= 11 is 0. The van der Waals surface area contributed by atoms with E-state index in [1.54, 1.807) is 42.9 Å². The summed E-state index contributed by atoms with van der Waals surface area (Å²) in [6, 6.07) is 18.8. The van der Waals surface area contributed by atoms with Gasteiger partial charge in [0.2, 0.25) is 0 Å². The van der Waals surface area contributed by atoms with Gasteiger partial charge >= 0.3 is 6.18 Å². The van der Waals surface area contributed by atoms with E-state index in [2.05, 4.69) is 10.6 Å². The van der Waals surface area contributed by atoms with E-state index in [9.17, 15) is 27.6 Å². The molecule has 36 heavy (non-hydrogen) atoms. The fraction of sp³-hybridized carbons (Fsp3) is 0.115. The lowest BCUT2D eigenvalue weighted by atomic mass is 10.1. The SMILES string of the molecule is Cc1c(NC(=O)c2cccc(NC(=O)c3cccc(C(F)(F)F)c3)c2)c(=O)n(-c2ccccc2)n1C. The number of amides is 2. The molecule has 4 aromatic rings. The molecule has 0 aliphatic rings. The number of carbonyl (C=O) groups excluding carboxylic acids is 2. The Kier molecular flexibility index (Phi) is 6.52. The third-order valence-electron chi connectivity index (χ3n) is 5.63. The zero-order valence-electron chi connectivity index (χ0n) is 19.3. The maximum atomic E-state index is 13.0. The van der Waals surface area contributed by atoms with Crippen LogP contribution in [0.25, 0.3) is 5.69 Å². The third-order valence-corrected chi connectivity index (χ3v) is 5.63. The van der Waals surface area contributed by atoms with Crippen molar-refractivity contribution >= 4 is 23.2 Å². The lowest BCUT2D eigenvalue weighted by Gasteiger charge is -2.10. The highest BCUT2D eigenvalue weighted by atomic mass is 19.4. The van der Waals surface area contributed by atoms with Gasteiger partial charge in [0.05, 0.1) is 16.9 Å². The van der Waals surface area contributed by atoms with Crippen LogP contribution in [0.1, 0.15) is 32.0 Å². The average Bonchev–Trinajstić information content (AvgIpc) is 3.07. The first kappa shape index (κ1) is 24.5. The van der Waals surface area contributed by atoms with Gasteiger partial charge in [-0.05, 0) is 55.5 Å². The Labute approximate surface area is 203 Å². The highest BCUT2D eigenvalue weighted by Crippen LogP contribution is 2.29. The maximum Gasteiger partial charge on any atom is 0.416 e. The minimum Gasteiger partial charge on any atom is -0.322 e. The topological polar surface area (TPSA) is 85.1 Å². The van der Waals surface area contributed by atoms with Crippen molar-refractivity contribution in [2.24, 2.45) is 7.05 Å². The smallest absolute Gasteiger partial charge is 0.322 e. The molecule has 2 N–H and O–H groups in total. The van der Waals surface area contributed by atoms with Crippen molar-refractivity contribution in [1.29, 1.82) is 0 Å². The van der Waals surface area contributed by atoms with E-state index >= 15 is 0 Å². The summed E-state index contributed by atoms with van der Waals surface area (Å²) in [5.74, 6) is -1.35. The van der Waals surface area contributed by atoms with Gasteiger partial charge in [-0.2, -0.15) is 13.2 Å². The molecule has 2 amide bonds. The van der Waals surface area contributed by atoms with Crippen molar-refractivity contribution in [3.8, 4) is 5.69 Å². The first-order valence-electron chi connectivity index (χ1n) is 10.8. The van der Waals surface area contributed by atoms with E-state index in [1.807, 2.05) is 6.07 Å². The molecule has 0 unspecified atom stereocenters. The lowest BCUT2D eigenvalue weighted by molar-refractivity contribution is -0.137. The number of anilines is 2. The van der Waals surface area contributed by atoms with Gasteiger partial charge in [0.1, 0.15) is 5.69 Å². The second kappa shape index (κ2) is 9.57. The van der Waals surface area contributed by atoms with Crippen molar-refractivity contribution in [2.75, 3.05) is 10.6 Å². The van der Waals surface area contributed by atoms with Crippen LogP contribution in [-0.4, -0.2) is 21.2 Å². The van der Waals surface area contributed by atoms with Gasteiger partial charge in [-0.25, -0.2) is 4.68 Å². The molecule has 0 aliphatic carbocycles. The van der Waals surface area contributed by atoms with Gasteiger partial charge < -0.3 is 10.6 Å². The van der Waals surface area contributed by atoms with Gasteiger partial charge in [0, 0.05) is 23.9 Å². The van der Waals surface area contributed by atoms with E-state index in [1.165, 1.54) is 35.0 Å². The average molecular weight is 494 g/mol. The molecule has 184 valence electrons. The number of carbonyl (C=O) groups is 2. The van der Waals surface area contributed by atoms with Crippen LogP contribution in [0.2, 0.25) is 0 Å². The Morgan fingerprint density at radius 3 is 2.08 bits per heavy atom. The van der Waals surface area contributed by atoms with Crippen molar-refractivity contribution < 1.29 is 22.8 Å². The molecule has 4 rings (SSSR count). The summed E-state index contributed by atoms with van der Waals surface area (Å²) < 4.78 is 41.9. The number of benzene rings is 3. The Morgan fingerprint density at radius 2 is 1.42 bits per heavy atom. The van der Waals surface area contributed by atoms with Crippen molar-refractivity contribution in [3.63, 3.8) is 0 Å². The quantitative estimate of drug-likeness (QED) is 0.409. The van der Waals surface area contributed by atoms with Crippen LogP contribution >= 0.6 is 0 Å². The molecule has 1 aromatic heterocycles. The molecule has 0 aliphatic heterocycles. The number of para-hydroxylation sites is 1. The molecule has 1 heterocycles. The van der Waals surface area contributed by atoms with Crippen molar-refractivity contribution in [3.05, 3.63) is 112 Å². The predicted molar refractivity (Wildman–Crippen MR) is 130 cm³/mol. The first-order valence-corrected chi connectivity index (χ1v) is 10.8. The Morgan fingerprint density at radius 1 is 0.806 bits per heavy atom. The van der Waals surface area contributed by atoms with Crippen LogP contribution < -0.4 is 16.2 Å². The molecule has 0 saturated carbocycles. The van der Waals surface area contributed by atoms with Gasteiger partial charge in [-0.1, -0.05) is 30.3 Å². The number of hydrogen-bond acceptors (Lipinski definition) is 3. The fourth-order valence-corrected chi connectivity index (χ4v) is 3.68. The van der Waals surface area contributed by atoms with Crippen molar-refractivity contribution in [1.82, 2.24) is 9.36 Å². The minimum atomic E-state index is -4.58. The summed E-state index contributed by atoms with van der Waals surface area (Å²) in [7, 11) is 1.70. The minimum absolute atomic E-state index is 0.102. The Balaban J connectivity index is 1.55. The zero-order chi connectivity index (χ0) is 26.0. The molecule has 10 heteroatoms. The van der Waals surface area contributed by atoms with E-state index in [4.69, 9.17) is 0 Å². The summed E-state index contributed by atoms with van der Waals surface area (Å²) in [5.41, 5.74) is 0.0819. The molecular formula is C26H21F3N4O3. The molecule has 3 aromatic carbocycles. The van der Waals surface area contributed by atoms with Crippen LogP contribution in [0.5, 0.6) is 0 Å². The molecule has 0 atom stereocenters. The van der Waals surface area contributed by atoms with Crippen LogP contribution in [0.3, 0.4) is 0 Å². The summed E-state index contributed by atoms with van der Waals surface area (Å²) in [6.45, 7) is 1.70. The molecule has 0 bridgehead atoms. The number of hydrogen-bond donors (Lipinski definition) is 2. The second-order valence-electron chi connectivity index (χ2n) is 8.00. The van der Waals surface area contributed by atoms with E-state index in [-0.39, 0.29) is 22.5 Å². The van der Waals surface area contributed by atoms with Crippen molar-refractivity contribution in [2.45, 2.75) is 13.1 Å². The summed E-state index contributed by atoms with van der Waals surface area (Å²) in [6.07, 6.45) is -4.58. The molecule has 7 nitrogen and oxygen atoms in total. The second-order valence-corrected chi connectivity index (χ2v) is 8.00. The lowest BCUT2D eigenvalue weighted by Crippen LogP contribution is -2.23. The van der Waals surface area contributed by atoms with Gasteiger partial charge in [0.25, 0.3) is 17.4 Å². The molecule has 0 spiro atoms. The number of nitrogens with zero attached hydrogens (tertiary/aromatic N) is 2. The molecule has 0 saturated heterocycles. The van der Waals surface area contributed by atoms with E-state index in [0.29, 0.717) is 11.4 Å². The normalized spacial score (nSPS) is 11.2. The standard InChI is InChI=1S/C26H21F3N4O3/c1-16-22(25(36)33(32(16)2)21-12-4-3-5-13-21)31-24(35)18-9-7-11-20(15-18)30-23(34)17-8-6-10-19(14-17)26(27,28)29/h3-15H,1-2H3,(H,30,34)(H,31,35). The van der Waals surface area contributed by atoms with Gasteiger partial charge in [-0.3, -0.25) is 19.1 Å². The van der Waals surface area contributed by atoms with Crippen LogP contribution in [0.15, 0.2) is 83.7 Å². The Bertz CT molecular complexity index is 1510. The summed E-state index contributed by atoms with van der Waals surface area (Å²) in [5, 5.41) is 5.13. The Hall–Kier alpha value is -4.60. The zero-order valence-corrected chi connectivity index (χ0v) is 19.3. The predicted octanol–water partition coefficient (Wildman–Crippen LogP) is 5.01. The van der Waals surface area contributed by atoms with Gasteiger partial charge in [0.15, 0.2) is 0 Å². The van der Waals surface area contributed by atoms with E-state index in [0.717, 1.165) is 18.2 Å². The third kappa shape index (κ3) is 4.92. The number of alkyl halides is 3.